The van der Waals surface area contributed by atoms with Gasteiger partial charge in [0, 0.05) is 6.42 Å². The van der Waals surface area contributed by atoms with Crippen LogP contribution in [0.5, 0.6) is 0 Å². The molecule has 1 amide bonds. The minimum atomic E-state index is -0.869. The van der Waals surface area contributed by atoms with Gasteiger partial charge in [-0.15, -0.1) is 0 Å². The average molecular weight is 812 g/mol. The zero-order valence-electron chi connectivity index (χ0n) is 39.1. The van der Waals surface area contributed by atoms with Crippen molar-refractivity contribution in [2.75, 3.05) is 6.61 Å². The van der Waals surface area contributed by atoms with E-state index in [0.29, 0.717) is 6.42 Å². The van der Waals surface area contributed by atoms with Gasteiger partial charge in [0.15, 0.2) is 0 Å². The van der Waals surface area contributed by atoms with Crippen molar-refractivity contribution >= 4 is 5.91 Å². The van der Waals surface area contributed by atoms with Crippen LogP contribution in [0.25, 0.3) is 0 Å². The molecule has 0 fully saturated rings. The van der Waals surface area contributed by atoms with Crippen molar-refractivity contribution in [1.29, 1.82) is 0 Å². The molecule has 3 N–H and O–H groups in total. The molecule has 2 unspecified atom stereocenters. The normalized spacial score (nSPS) is 13.2. The van der Waals surface area contributed by atoms with Crippen LogP contribution in [0.3, 0.4) is 0 Å². The van der Waals surface area contributed by atoms with Gasteiger partial charge in [-0.2, -0.15) is 0 Å². The Balaban J connectivity index is 3.53. The third-order valence-corrected chi connectivity index (χ3v) is 11.8. The van der Waals surface area contributed by atoms with Crippen molar-refractivity contribution in [3.63, 3.8) is 0 Å². The van der Waals surface area contributed by atoms with Gasteiger partial charge in [-0.3, -0.25) is 4.79 Å². The van der Waals surface area contributed by atoms with Crippen LogP contribution >= 0.6 is 0 Å². The van der Waals surface area contributed by atoms with E-state index in [9.17, 15) is 15.0 Å². The lowest BCUT2D eigenvalue weighted by molar-refractivity contribution is -0.123. The van der Waals surface area contributed by atoms with Crippen molar-refractivity contribution < 1.29 is 15.0 Å². The van der Waals surface area contributed by atoms with Crippen LogP contribution in [0.2, 0.25) is 0 Å². The van der Waals surface area contributed by atoms with Crippen LogP contribution in [0.1, 0.15) is 271 Å². The molecule has 4 heteroatoms. The summed E-state index contributed by atoms with van der Waals surface area (Å²) in [5.74, 6) is -0.0866. The van der Waals surface area contributed by atoms with Crippen molar-refractivity contribution in [1.82, 2.24) is 5.32 Å². The summed E-state index contributed by atoms with van der Waals surface area (Å²) in [7, 11) is 0. The minimum Gasteiger partial charge on any atom is -0.394 e. The molecule has 0 spiro atoms. The van der Waals surface area contributed by atoms with Crippen LogP contribution in [0.15, 0.2) is 48.6 Å². The Morgan fingerprint density at radius 2 is 0.724 bits per heavy atom. The molecule has 2 atom stereocenters. The highest BCUT2D eigenvalue weighted by Crippen LogP contribution is 2.16. The predicted octanol–water partition coefficient (Wildman–Crippen LogP) is 16.7. The number of hydrogen-bond acceptors (Lipinski definition) is 3. The monoisotopic (exact) mass is 812 g/mol. The first-order chi connectivity index (χ1) is 28.7. The Morgan fingerprint density at radius 3 is 1.12 bits per heavy atom. The Morgan fingerprint density at radius 1 is 0.414 bits per heavy atom. The number of allylic oxidation sites excluding steroid dienone is 7. The summed E-state index contributed by atoms with van der Waals surface area (Å²) < 4.78 is 0. The van der Waals surface area contributed by atoms with Crippen LogP contribution in [-0.2, 0) is 4.79 Å². The summed E-state index contributed by atoms with van der Waals surface area (Å²) in [5, 5.41) is 23.1. The molecular weight excluding hydrogens is 711 g/mol. The summed E-state index contributed by atoms with van der Waals surface area (Å²) in [6.07, 6.45) is 68.3. The maximum absolute atomic E-state index is 12.4. The highest BCUT2D eigenvalue weighted by Gasteiger charge is 2.17. The van der Waals surface area contributed by atoms with E-state index in [2.05, 4.69) is 55.6 Å². The van der Waals surface area contributed by atoms with Crippen LogP contribution in [0, 0.1) is 0 Å². The number of unbranched alkanes of at least 4 members (excludes halogenated alkanes) is 34. The van der Waals surface area contributed by atoms with Crippen LogP contribution in [0.4, 0.5) is 0 Å². The largest absolute Gasteiger partial charge is 0.394 e. The van der Waals surface area contributed by atoms with Crippen LogP contribution < -0.4 is 5.32 Å². The van der Waals surface area contributed by atoms with Crippen molar-refractivity contribution in [2.45, 2.75) is 283 Å². The number of carbonyl (C=O) groups is 1. The second kappa shape index (κ2) is 49.7. The van der Waals surface area contributed by atoms with Crippen molar-refractivity contribution in [3.8, 4) is 0 Å². The van der Waals surface area contributed by atoms with Gasteiger partial charge in [0.25, 0.3) is 0 Å². The highest BCUT2D eigenvalue weighted by atomic mass is 16.3. The zero-order valence-corrected chi connectivity index (χ0v) is 39.1. The first-order valence-electron chi connectivity index (χ1n) is 25.9. The number of hydrogen-bond donors (Lipinski definition) is 3. The zero-order chi connectivity index (χ0) is 42.1. The summed E-state index contributed by atoms with van der Waals surface area (Å²) in [6.45, 7) is 4.29. The molecule has 0 saturated carbocycles. The van der Waals surface area contributed by atoms with Gasteiger partial charge in [0.05, 0.1) is 18.8 Å². The number of rotatable bonds is 47. The fourth-order valence-corrected chi connectivity index (χ4v) is 7.81. The van der Waals surface area contributed by atoms with Crippen molar-refractivity contribution in [2.24, 2.45) is 0 Å². The lowest BCUT2D eigenvalue weighted by Gasteiger charge is -2.19. The summed E-state index contributed by atoms with van der Waals surface area (Å²) >= 11 is 0. The molecular formula is C54H101NO3. The predicted molar refractivity (Wildman–Crippen MR) is 258 cm³/mol. The van der Waals surface area contributed by atoms with E-state index in [-0.39, 0.29) is 12.5 Å². The van der Waals surface area contributed by atoms with Gasteiger partial charge < -0.3 is 15.5 Å². The molecule has 0 aliphatic carbocycles. The summed E-state index contributed by atoms with van der Waals surface area (Å²) in [6, 6.07) is -0.648. The van der Waals surface area contributed by atoms with Crippen LogP contribution in [-0.4, -0.2) is 34.9 Å². The Kier molecular flexibility index (Phi) is 48.3. The van der Waals surface area contributed by atoms with Gasteiger partial charge in [0.2, 0.25) is 5.91 Å². The van der Waals surface area contributed by atoms with E-state index in [4.69, 9.17) is 0 Å². The summed E-state index contributed by atoms with van der Waals surface area (Å²) in [5.41, 5.74) is 0. The maximum Gasteiger partial charge on any atom is 0.220 e. The average Bonchev–Trinajstić information content (AvgIpc) is 3.23. The van der Waals surface area contributed by atoms with Gasteiger partial charge in [-0.05, 0) is 64.2 Å². The van der Waals surface area contributed by atoms with Gasteiger partial charge in [-0.25, -0.2) is 0 Å². The van der Waals surface area contributed by atoms with Gasteiger partial charge in [-0.1, -0.05) is 249 Å². The molecule has 0 bridgehead atoms. The van der Waals surface area contributed by atoms with E-state index in [1.165, 1.54) is 199 Å². The SMILES string of the molecule is CCCCCC/C=C\C/C=C\CCCCCCCC(=O)NC(CO)C(O)/C=C/CC/C=C/CCCCCCCCCCCCCCCCCCCCCCCCCC. The fraction of sp³-hybridized carbons (Fsp3) is 0.833. The van der Waals surface area contributed by atoms with E-state index >= 15 is 0 Å². The van der Waals surface area contributed by atoms with E-state index < -0.39 is 12.1 Å². The molecule has 0 aromatic heterocycles. The quantitative estimate of drug-likeness (QED) is 0.0423. The molecule has 0 aromatic rings. The first kappa shape index (κ1) is 56.4. The van der Waals surface area contributed by atoms with Gasteiger partial charge in [0.1, 0.15) is 0 Å². The number of amides is 1. The molecule has 0 radical (unpaired) electrons. The number of carbonyl (C=O) groups excluding carboxylic acids is 1. The Hall–Kier alpha value is -1.65. The second-order valence-electron chi connectivity index (χ2n) is 17.6. The molecule has 0 aliphatic heterocycles. The Bertz CT molecular complexity index is 923. The second-order valence-corrected chi connectivity index (χ2v) is 17.6. The highest BCUT2D eigenvalue weighted by molar-refractivity contribution is 5.76. The summed E-state index contributed by atoms with van der Waals surface area (Å²) in [4.78, 5) is 12.4. The lowest BCUT2D eigenvalue weighted by Crippen LogP contribution is -2.45. The molecule has 0 aliphatic rings. The molecule has 340 valence electrons. The lowest BCUT2D eigenvalue weighted by atomic mass is 10.0. The fourth-order valence-electron chi connectivity index (χ4n) is 7.81. The third-order valence-electron chi connectivity index (χ3n) is 11.8. The molecule has 0 heterocycles. The topological polar surface area (TPSA) is 69.6 Å². The van der Waals surface area contributed by atoms with Crippen molar-refractivity contribution in [3.05, 3.63) is 48.6 Å². The van der Waals surface area contributed by atoms with E-state index in [1.807, 2.05) is 6.08 Å². The molecule has 0 aromatic carbocycles. The smallest absolute Gasteiger partial charge is 0.220 e. The first-order valence-corrected chi connectivity index (χ1v) is 25.9. The van der Waals surface area contributed by atoms with E-state index in [0.717, 1.165) is 51.4 Å². The molecule has 58 heavy (non-hydrogen) atoms. The Labute approximate surface area is 363 Å². The molecule has 4 nitrogen and oxygen atoms in total. The number of aliphatic hydroxyl groups excluding tert-OH is 2. The molecule has 0 saturated heterocycles. The van der Waals surface area contributed by atoms with Gasteiger partial charge >= 0.3 is 0 Å². The number of aliphatic hydroxyl groups is 2. The third kappa shape index (κ3) is 45.4. The van der Waals surface area contributed by atoms with E-state index in [1.54, 1.807) is 6.08 Å². The standard InChI is InChI=1S/C54H101NO3/c1-3-5-7-9-11-13-15-17-19-21-22-23-24-25-26-27-28-29-30-31-32-33-34-35-37-39-41-43-45-47-49-53(57)52(51-56)55-54(58)50-48-46-44-42-40-38-36-20-18-16-14-12-10-8-6-4-2/h14,16,20,36,39,41,47,49,52-53,56-57H,3-13,15,17-19,21-35,37-38,40,42-46,48,50-51H2,1-2H3,(H,55,58)/b16-14-,36-20-,41-39+,49-47+. The minimum absolute atomic E-state index is 0.0866. The number of nitrogens with one attached hydrogen (secondary N) is 1. The molecule has 0 rings (SSSR count). The maximum atomic E-state index is 12.4.